The van der Waals surface area contributed by atoms with Crippen LogP contribution in [-0.2, 0) is 9.09 Å². The van der Waals surface area contributed by atoms with E-state index >= 15 is 0 Å². The maximum absolute atomic E-state index is 12.1. The van der Waals surface area contributed by atoms with Crippen LogP contribution in [0.3, 0.4) is 0 Å². The van der Waals surface area contributed by atoms with Crippen molar-refractivity contribution in [2.45, 2.75) is 78.7 Å². The molecular weight excluding hydrogens is 255 g/mol. The summed E-state index contributed by atoms with van der Waals surface area (Å²) in [6.45, 7) is 9.03. The summed E-state index contributed by atoms with van der Waals surface area (Å²) in [6, 6.07) is 0. The van der Waals surface area contributed by atoms with E-state index in [2.05, 4.69) is 27.7 Å². The molecule has 1 rings (SSSR count). The smallest absolute Gasteiger partial charge is 0.143 e. The van der Waals surface area contributed by atoms with Crippen molar-refractivity contribution in [1.82, 2.24) is 0 Å². The molecule has 1 aliphatic carbocycles. The summed E-state index contributed by atoms with van der Waals surface area (Å²) in [6.07, 6.45) is 9.35. The maximum Gasteiger partial charge on any atom is 0.508 e. The Kier molecular flexibility index (Phi) is 8.18. The molecule has 4 unspecified atom stereocenters. The average Bonchev–Trinajstić information content (AvgIpc) is 2.34. The fourth-order valence-corrected chi connectivity index (χ4v) is 4.24. The van der Waals surface area contributed by atoms with Crippen LogP contribution in [0.5, 0.6) is 0 Å². The van der Waals surface area contributed by atoms with Gasteiger partial charge < -0.3 is 0 Å². The van der Waals surface area contributed by atoms with Crippen LogP contribution >= 0.6 is 8.03 Å². The first-order chi connectivity index (χ1) is 9.04. The Labute approximate surface area is 120 Å². The topological polar surface area (TPSA) is 26.3 Å². The summed E-state index contributed by atoms with van der Waals surface area (Å²) >= 11 is 0. The van der Waals surface area contributed by atoms with E-state index in [1.54, 1.807) is 0 Å². The van der Waals surface area contributed by atoms with Crippen LogP contribution in [0.15, 0.2) is 0 Å². The second-order valence-electron chi connectivity index (χ2n) is 6.59. The lowest BCUT2D eigenvalue weighted by Crippen LogP contribution is -2.33. The summed E-state index contributed by atoms with van der Waals surface area (Å²) in [4.78, 5) is 0. The van der Waals surface area contributed by atoms with Crippen LogP contribution in [-0.4, -0.2) is 12.3 Å². The van der Waals surface area contributed by atoms with Crippen molar-refractivity contribution in [2.24, 2.45) is 17.8 Å². The molecular formula is C16H32O2P+. The van der Waals surface area contributed by atoms with Crippen molar-refractivity contribution >= 4 is 8.03 Å². The van der Waals surface area contributed by atoms with Gasteiger partial charge in [-0.3, -0.25) is 0 Å². The molecule has 4 atom stereocenters. The third kappa shape index (κ3) is 6.36. The van der Waals surface area contributed by atoms with Crippen molar-refractivity contribution in [3.8, 4) is 0 Å². The molecule has 0 amide bonds. The Morgan fingerprint density at radius 2 is 1.95 bits per heavy atom. The molecule has 112 valence electrons. The van der Waals surface area contributed by atoms with Crippen LogP contribution in [0.25, 0.3) is 0 Å². The first kappa shape index (κ1) is 17.1. The minimum Gasteiger partial charge on any atom is -0.143 e. The zero-order valence-electron chi connectivity index (χ0n) is 13.2. The number of rotatable bonds is 8. The molecule has 0 aliphatic heterocycles. The zero-order chi connectivity index (χ0) is 14.3. The third-order valence-corrected chi connectivity index (χ3v) is 5.60. The van der Waals surface area contributed by atoms with Gasteiger partial charge in [-0.1, -0.05) is 47.0 Å². The summed E-state index contributed by atoms with van der Waals surface area (Å²) in [5.74, 6) is 1.97. The van der Waals surface area contributed by atoms with Gasteiger partial charge in [0, 0.05) is 0 Å². The standard InChI is InChI=1S/C16H32O2P/c1-5-6-7-8-11-19(17)18-16-12-14(4)9-10-15(16)13(2)3/h13-16H,5-12H2,1-4H3/q+1. The van der Waals surface area contributed by atoms with E-state index in [0.29, 0.717) is 11.8 Å². The van der Waals surface area contributed by atoms with Crippen LogP contribution < -0.4 is 0 Å². The van der Waals surface area contributed by atoms with E-state index in [4.69, 9.17) is 4.52 Å². The minimum absolute atomic E-state index is 0.235. The van der Waals surface area contributed by atoms with Gasteiger partial charge in [0.1, 0.15) is 6.10 Å². The Hall–Kier alpha value is 0.0600. The molecule has 0 N–H and O–H groups in total. The predicted molar refractivity (Wildman–Crippen MR) is 82.8 cm³/mol. The molecule has 19 heavy (non-hydrogen) atoms. The van der Waals surface area contributed by atoms with Crippen molar-refractivity contribution < 1.29 is 9.09 Å². The monoisotopic (exact) mass is 287 g/mol. The van der Waals surface area contributed by atoms with Gasteiger partial charge in [0.2, 0.25) is 0 Å². The highest BCUT2D eigenvalue weighted by Gasteiger charge is 2.36. The van der Waals surface area contributed by atoms with Gasteiger partial charge in [-0.2, -0.15) is 0 Å². The van der Waals surface area contributed by atoms with Gasteiger partial charge in [0.25, 0.3) is 0 Å². The van der Waals surface area contributed by atoms with E-state index in [1.807, 2.05) is 0 Å². The zero-order valence-corrected chi connectivity index (χ0v) is 14.1. The molecule has 0 saturated heterocycles. The quantitative estimate of drug-likeness (QED) is 0.417. The summed E-state index contributed by atoms with van der Waals surface area (Å²) in [5, 5.41) is 0. The fraction of sp³-hybridized carbons (Fsp3) is 1.00. The Bertz CT molecular complexity index is 265. The molecule has 0 bridgehead atoms. The molecule has 0 spiro atoms. The van der Waals surface area contributed by atoms with Crippen molar-refractivity contribution in [1.29, 1.82) is 0 Å². The normalized spacial score (nSPS) is 28.7. The summed E-state index contributed by atoms with van der Waals surface area (Å²) in [7, 11) is -1.44. The molecule has 1 saturated carbocycles. The van der Waals surface area contributed by atoms with Crippen LogP contribution in [0.4, 0.5) is 0 Å². The van der Waals surface area contributed by atoms with E-state index < -0.39 is 8.03 Å². The second-order valence-corrected chi connectivity index (χ2v) is 7.91. The highest BCUT2D eigenvalue weighted by molar-refractivity contribution is 7.39. The second kappa shape index (κ2) is 9.08. The lowest BCUT2D eigenvalue weighted by atomic mass is 9.75. The van der Waals surface area contributed by atoms with Crippen molar-refractivity contribution in [3.63, 3.8) is 0 Å². The van der Waals surface area contributed by atoms with E-state index in [0.717, 1.165) is 24.9 Å². The predicted octanol–water partition coefficient (Wildman–Crippen LogP) is 5.79. The fourth-order valence-electron chi connectivity index (χ4n) is 3.11. The van der Waals surface area contributed by atoms with Gasteiger partial charge in [-0.15, -0.1) is 4.52 Å². The van der Waals surface area contributed by atoms with Gasteiger partial charge in [-0.25, -0.2) is 0 Å². The number of unbranched alkanes of at least 4 members (excludes halogenated alkanes) is 3. The highest BCUT2D eigenvalue weighted by atomic mass is 31.1. The molecule has 0 radical (unpaired) electrons. The molecule has 0 heterocycles. The molecule has 1 aliphatic rings. The first-order valence-electron chi connectivity index (χ1n) is 8.16. The average molecular weight is 287 g/mol. The highest BCUT2D eigenvalue weighted by Crippen LogP contribution is 2.40. The van der Waals surface area contributed by atoms with Crippen LogP contribution in [0.2, 0.25) is 0 Å². The molecule has 3 heteroatoms. The van der Waals surface area contributed by atoms with E-state index in [1.165, 1.54) is 32.1 Å². The van der Waals surface area contributed by atoms with Gasteiger partial charge in [-0.05, 0) is 48.0 Å². The SMILES string of the molecule is CCCCCC[P+](=O)OC1CC(C)CCC1C(C)C. The van der Waals surface area contributed by atoms with Crippen molar-refractivity contribution in [3.05, 3.63) is 0 Å². The molecule has 2 nitrogen and oxygen atoms in total. The summed E-state index contributed by atoms with van der Waals surface area (Å²) < 4.78 is 18.0. The third-order valence-electron chi connectivity index (χ3n) is 4.41. The molecule has 0 aromatic rings. The van der Waals surface area contributed by atoms with Crippen LogP contribution in [0.1, 0.15) is 72.6 Å². The molecule has 1 fully saturated rings. The number of hydrogen-bond donors (Lipinski definition) is 0. The largest absolute Gasteiger partial charge is 0.508 e. The first-order valence-corrected chi connectivity index (χ1v) is 9.52. The maximum atomic E-state index is 12.1. The van der Waals surface area contributed by atoms with Gasteiger partial charge in [0.15, 0.2) is 6.16 Å². The Morgan fingerprint density at radius 3 is 2.58 bits per heavy atom. The summed E-state index contributed by atoms with van der Waals surface area (Å²) in [5.41, 5.74) is 0. The Balaban J connectivity index is 2.36. The molecule has 0 aromatic heterocycles. The van der Waals surface area contributed by atoms with Crippen LogP contribution in [0, 0.1) is 17.8 Å². The lowest BCUT2D eigenvalue weighted by Gasteiger charge is -2.33. The van der Waals surface area contributed by atoms with E-state index in [9.17, 15) is 4.57 Å². The number of hydrogen-bond acceptors (Lipinski definition) is 2. The minimum atomic E-state index is -1.44. The Morgan fingerprint density at radius 1 is 1.21 bits per heavy atom. The van der Waals surface area contributed by atoms with Crippen molar-refractivity contribution in [2.75, 3.05) is 6.16 Å². The van der Waals surface area contributed by atoms with Gasteiger partial charge >= 0.3 is 8.03 Å². The molecule has 0 aromatic carbocycles. The lowest BCUT2D eigenvalue weighted by molar-refractivity contribution is 0.0523. The van der Waals surface area contributed by atoms with Gasteiger partial charge in [0.05, 0.1) is 0 Å². The van der Waals surface area contributed by atoms with E-state index in [-0.39, 0.29) is 6.10 Å².